The molecular formula is C14H22N5O7PS. The lowest BCUT2D eigenvalue weighted by Crippen LogP contribution is -2.13. The van der Waals surface area contributed by atoms with E-state index in [9.17, 15) is 9.36 Å². The van der Waals surface area contributed by atoms with Gasteiger partial charge in [-0.15, -0.1) is 0 Å². The van der Waals surface area contributed by atoms with E-state index >= 15 is 0 Å². The van der Waals surface area contributed by atoms with Gasteiger partial charge in [0.05, 0.1) is 25.6 Å². The first-order chi connectivity index (χ1) is 13.3. The summed E-state index contributed by atoms with van der Waals surface area (Å²) in [6, 6.07) is 0. The highest BCUT2D eigenvalue weighted by atomic mass is 32.7. The van der Waals surface area contributed by atoms with Crippen LogP contribution in [0, 0.1) is 0 Å². The lowest BCUT2D eigenvalue weighted by molar-refractivity contribution is 0.0459. The highest BCUT2D eigenvalue weighted by molar-refractivity contribution is 8.55. The van der Waals surface area contributed by atoms with Crippen LogP contribution in [0.5, 0.6) is 0 Å². The predicted octanol–water partition coefficient (Wildman–Crippen LogP) is 2.41. The summed E-state index contributed by atoms with van der Waals surface area (Å²) >= 11 is 0.725. The number of anilines is 1. The molecule has 156 valence electrons. The van der Waals surface area contributed by atoms with Crippen LogP contribution in [0.3, 0.4) is 0 Å². The summed E-state index contributed by atoms with van der Waals surface area (Å²) in [5, 5.41) is 0. The quantitative estimate of drug-likeness (QED) is 0.239. The molecule has 1 atom stereocenters. The van der Waals surface area contributed by atoms with E-state index < -0.39 is 13.0 Å². The predicted molar refractivity (Wildman–Crippen MR) is 101 cm³/mol. The minimum absolute atomic E-state index is 0.00168. The maximum Gasteiger partial charge on any atom is 0.509 e. The molecule has 14 heteroatoms. The van der Waals surface area contributed by atoms with Crippen LogP contribution >= 0.6 is 18.2 Å². The van der Waals surface area contributed by atoms with Gasteiger partial charge in [0.15, 0.2) is 17.4 Å². The number of carbonyl (C=O) groups is 1. The van der Waals surface area contributed by atoms with Crippen LogP contribution in [-0.4, -0.2) is 58.0 Å². The third-order valence-electron chi connectivity index (χ3n) is 3.08. The third kappa shape index (κ3) is 6.60. The molecule has 0 amide bonds. The number of hydrogen-bond donors (Lipinski definition) is 1. The summed E-state index contributed by atoms with van der Waals surface area (Å²) in [6.07, 6.45) is 1.70. The molecule has 0 saturated heterocycles. The summed E-state index contributed by atoms with van der Waals surface area (Å²) in [7, 11) is 1.24. The van der Waals surface area contributed by atoms with Gasteiger partial charge < -0.3 is 24.5 Å². The molecule has 0 spiro atoms. The van der Waals surface area contributed by atoms with Crippen molar-refractivity contribution in [3.05, 3.63) is 12.7 Å². The number of fused-ring (bicyclic) bond motifs is 1. The van der Waals surface area contributed by atoms with Gasteiger partial charge >= 0.3 is 13.0 Å². The Bertz CT molecular complexity index is 834. The van der Waals surface area contributed by atoms with Crippen molar-refractivity contribution < 1.29 is 32.6 Å². The Hall–Kier alpha value is -1.92. The molecule has 0 aliphatic heterocycles. The molecule has 0 radical (unpaired) electrons. The summed E-state index contributed by atoms with van der Waals surface area (Å²) in [4.78, 5) is 23.4. The molecule has 2 aromatic heterocycles. The number of rotatable bonds is 11. The number of nitrogen functional groups attached to an aromatic ring is 1. The molecule has 0 bridgehead atoms. The molecule has 0 saturated carbocycles. The molecule has 2 N–H and O–H groups in total. The molecular weight excluding hydrogens is 413 g/mol. The first kappa shape index (κ1) is 22.4. The second-order valence-electron chi connectivity index (χ2n) is 5.45. The average Bonchev–Trinajstić information content (AvgIpc) is 3.05. The zero-order valence-electron chi connectivity index (χ0n) is 15.6. The smallest absolute Gasteiger partial charge is 0.432 e. The van der Waals surface area contributed by atoms with Crippen molar-refractivity contribution in [3.8, 4) is 0 Å². The van der Waals surface area contributed by atoms with Gasteiger partial charge in [0, 0.05) is 18.5 Å². The molecule has 12 nitrogen and oxygen atoms in total. The fraction of sp³-hybridized carbons (Fsp3) is 0.571. The van der Waals surface area contributed by atoms with Crippen molar-refractivity contribution in [2.45, 2.75) is 26.7 Å². The first-order valence-corrected chi connectivity index (χ1v) is 11.3. The van der Waals surface area contributed by atoms with Crippen LogP contribution in [0.15, 0.2) is 12.7 Å². The zero-order valence-corrected chi connectivity index (χ0v) is 17.4. The number of aromatic nitrogens is 4. The Morgan fingerprint density at radius 3 is 2.82 bits per heavy atom. The monoisotopic (exact) mass is 435 g/mol. The van der Waals surface area contributed by atoms with Crippen molar-refractivity contribution in [2.24, 2.45) is 0 Å². The molecule has 2 aromatic rings. The number of hydrogen-bond acceptors (Lipinski definition) is 12. The largest absolute Gasteiger partial charge is 0.509 e. The Morgan fingerprint density at radius 2 is 2.11 bits per heavy atom. The molecule has 2 rings (SSSR count). The molecule has 0 fully saturated rings. The van der Waals surface area contributed by atoms with E-state index in [4.69, 9.17) is 29.0 Å². The second-order valence-corrected chi connectivity index (χ2v) is 9.58. The normalized spacial score (nSPS) is 13.6. The van der Waals surface area contributed by atoms with E-state index in [1.165, 1.54) is 19.8 Å². The van der Waals surface area contributed by atoms with Gasteiger partial charge in [-0.3, -0.25) is 9.09 Å². The highest BCUT2D eigenvalue weighted by Gasteiger charge is 2.25. The Morgan fingerprint density at radius 1 is 1.32 bits per heavy atom. The lowest BCUT2D eigenvalue weighted by Gasteiger charge is -2.15. The van der Waals surface area contributed by atoms with Crippen LogP contribution in [0.2, 0.25) is 0 Å². The minimum atomic E-state index is -3.49. The van der Waals surface area contributed by atoms with E-state index in [0.717, 1.165) is 11.4 Å². The molecule has 0 aliphatic carbocycles. The van der Waals surface area contributed by atoms with Gasteiger partial charge in [0.25, 0.3) is 0 Å². The van der Waals surface area contributed by atoms with Crippen LogP contribution in [-0.2, 0) is 34.6 Å². The van der Waals surface area contributed by atoms with Crippen molar-refractivity contribution in [3.63, 3.8) is 0 Å². The van der Waals surface area contributed by atoms with E-state index in [1.54, 1.807) is 18.4 Å². The summed E-state index contributed by atoms with van der Waals surface area (Å²) in [5.41, 5.74) is 6.74. The zero-order chi connectivity index (χ0) is 20.6. The molecule has 0 aliphatic rings. The number of ether oxygens (including phenoxy) is 3. The Kier molecular flexibility index (Phi) is 8.45. The number of nitrogens with zero attached hydrogens (tertiary/aromatic N) is 4. The van der Waals surface area contributed by atoms with Crippen molar-refractivity contribution >= 4 is 41.3 Å². The molecule has 0 aromatic carbocycles. The summed E-state index contributed by atoms with van der Waals surface area (Å²) < 4.78 is 39.2. The van der Waals surface area contributed by atoms with Crippen LogP contribution in [0.25, 0.3) is 11.2 Å². The molecule has 28 heavy (non-hydrogen) atoms. The summed E-state index contributed by atoms with van der Waals surface area (Å²) in [5.74, 6) is 0.0456. The van der Waals surface area contributed by atoms with Gasteiger partial charge in [0.1, 0.15) is 18.6 Å². The number of imidazole rings is 1. The van der Waals surface area contributed by atoms with Gasteiger partial charge in [-0.1, -0.05) is 0 Å². The number of carbonyl (C=O) groups excluding carboxylic acids is 1. The van der Waals surface area contributed by atoms with Gasteiger partial charge in [-0.2, -0.15) is 0 Å². The van der Waals surface area contributed by atoms with Crippen LogP contribution in [0.1, 0.15) is 13.8 Å². The first-order valence-electron chi connectivity index (χ1n) is 8.12. The lowest BCUT2D eigenvalue weighted by atomic mass is 10.5. The maximum atomic E-state index is 12.4. The van der Waals surface area contributed by atoms with E-state index in [0.29, 0.717) is 11.2 Å². The van der Waals surface area contributed by atoms with Crippen molar-refractivity contribution in [1.29, 1.82) is 0 Å². The Labute approximate surface area is 165 Å². The van der Waals surface area contributed by atoms with Crippen LogP contribution < -0.4 is 5.73 Å². The topological polar surface area (TPSA) is 150 Å². The highest BCUT2D eigenvalue weighted by Crippen LogP contribution is 2.59. The van der Waals surface area contributed by atoms with Gasteiger partial charge in [-0.25, -0.2) is 24.3 Å². The molecule has 2 heterocycles. The van der Waals surface area contributed by atoms with Gasteiger partial charge in [-0.05, 0) is 13.8 Å². The SMILES string of the molecule is COP(=O)(OCCOCn1cnc2c(N)ncnc21)SCOC(=O)OC(C)C. The minimum Gasteiger partial charge on any atom is -0.432 e. The van der Waals surface area contributed by atoms with E-state index in [1.807, 2.05) is 0 Å². The Balaban J connectivity index is 1.71. The summed E-state index contributed by atoms with van der Waals surface area (Å²) in [6.45, 7) is 0.156. The fourth-order valence-electron chi connectivity index (χ4n) is 1.87. The number of nitrogens with two attached hydrogens (primary N) is 1. The third-order valence-corrected chi connectivity index (χ3v) is 6.59. The average molecular weight is 435 g/mol. The van der Waals surface area contributed by atoms with Crippen molar-refractivity contribution in [1.82, 2.24) is 19.5 Å². The van der Waals surface area contributed by atoms with E-state index in [2.05, 4.69) is 15.0 Å². The second kappa shape index (κ2) is 10.6. The van der Waals surface area contributed by atoms with Crippen LogP contribution in [0.4, 0.5) is 10.6 Å². The van der Waals surface area contributed by atoms with Crippen molar-refractivity contribution in [2.75, 3.05) is 32.0 Å². The van der Waals surface area contributed by atoms with Gasteiger partial charge in [0.2, 0.25) is 0 Å². The van der Waals surface area contributed by atoms with E-state index in [-0.39, 0.29) is 37.8 Å². The fourth-order valence-corrected chi connectivity index (χ4v) is 4.04. The molecule has 1 unspecified atom stereocenters. The maximum absolute atomic E-state index is 12.4. The standard InChI is InChI=1S/C14H22N5O7PS/c1-10(2)26-14(20)24-9-28-27(21,22-3)25-5-4-23-8-19-7-18-11-12(15)16-6-17-13(11)19/h6-7,10H,4-5,8-9H2,1-3H3,(H2,15,16,17).